The van der Waals surface area contributed by atoms with Crippen LogP contribution in [-0.4, -0.2) is 124 Å². The minimum absolute atomic E-state index is 0. The fraction of sp³-hybridized carbons (Fsp3) is 0.284. The minimum atomic E-state index is -1.27. The summed E-state index contributed by atoms with van der Waals surface area (Å²) in [5.74, 6) is -4.17. The first-order valence-electron chi connectivity index (χ1n) is 33.3. The van der Waals surface area contributed by atoms with Gasteiger partial charge in [0.2, 0.25) is 11.8 Å². The molecule has 12 N–H and O–H groups in total. The Morgan fingerprint density at radius 2 is 0.841 bits per heavy atom. The molecule has 1 unspecified atom stereocenters. The molecule has 0 bridgehead atoms. The summed E-state index contributed by atoms with van der Waals surface area (Å²) >= 11 is 20.3. The number of nitrogens with one attached hydrogen (secondary N) is 10. The molecule has 6 aliphatic heterocycles. The fourth-order valence-corrected chi connectivity index (χ4v) is 13.1. The van der Waals surface area contributed by atoms with E-state index >= 15 is 0 Å². The predicted octanol–water partition coefficient (Wildman–Crippen LogP) is 5.25. The smallest absolute Gasteiger partial charge is 0.550 e. The van der Waals surface area contributed by atoms with Gasteiger partial charge in [-0.3, -0.25) is 49.3 Å². The molecule has 15 rings (SSSR count). The number of aromatic nitrogens is 3. The quantitative estimate of drug-likeness (QED) is 0.0454. The zero-order valence-corrected chi connectivity index (χ0v) is 74.1. The van der Waals surface area contributed by atoms with Crippen LogP contribution in [0.25, 0.3) is 32.7 Å². The summed E-state index contributed by atoms with van der Waals surface area (Å²) in [6.45, 7) is 10.5. The van der Waals surface area contributed by atoms with Gasteiger partial charge < -0.3 is 67.1 Å². The van der Waals surface area contributed by atoms with Gasteiger partial charge in [-0.15, -0.1) is 0 Å². The monoisotopic (exact) mass is 1870 g/mol. The second-order valence-electron chi connectivity index (χ2n) is 25.2. The van der Waals surface area contributed by atoms with Crippen LogP contribution in [0, 0.1) is 11.3 Å². The van der Waals surface area contributed by atoms with E-state index < -0.39 is 29.2 Å². The molecule has 3 aromatic heterocycles. The molecule has 7 amide bonds. The van der Waals surface area contributed by atoms with Gasteiger partial charge in [0, 0.05) is 116 Å². The number of hydrazone groups is 2. The number of piperidine rings is 3. The number of H-pyrrole nitrogens is 3. The third-order valence-corrected chi connectivity index (χ3v) is 19.4. The van der Waals surface area contributed by atoms with Crippen molar-refractivity contribution in [1.82, 2.24) is 46.4 Å². The molecule has 6 aromatic carbocycles. The largest absolute Gasteiger partial charge is 1.00 e. The van der Waals surface area contributed by atoms with Crippen LogP contribution in [0.4, 0.5) is 17.1 Å². The number of fused-ring (bicyclic) bond motifs is 9. The van der Waals surface area contributed by atoms with Crippen molar-refractivity contribution in [3.63, 3.8) is 0 Å². The Morgan fingerprint density at radius 3 is 1.20 bits per heavy atom. The molecule has 9 heterocycles. The maximum Gasteiger partial charge on any atom is 1.00 e. The average molecular weight is 1880 g/mol. The summed E-state index contributed by atoms with van der Waals surface area (Å²) in [6, 6.07) is 40.7. The van der Waals surface area contributed by atoms with E-state index in [0.29, 0.717) is 54.4 Å². The molecular formula is C74H76Br6KN14NaO11. The first-order chi connectivity index (χ1) is 50.0. The van der Waals surface area contributed by atoms with Crippen LogP contribution in [0.1, 0.15) is 114 Å². The van der Waals surface area contributed by atoms with Crippen LogP contribution in [0.5, 0.6) is 0 Å². The molecule has 33 heteroatoms. The Labute approximate surface area is 732 Å². The van der Waals surface area contributed by atoms with Crippen LogP contribution >= 0.6 is 95.6 Å². The Hall–Kier alpha value is -6.37. The summed E-state index contributed by atoms with van der Waals surface area (Å²) in [7, 11) is 0. The molecule has 0 spiro atoms. The average Bonchev–Trinajstić information content (AvgIpc) is 1.65. The number of aromatic amines is 3. The van der Waals surface area contributed by atoms with Gasteiger partial charge in [0.05, 0.1) is 23.3 Å². The number of nitrogens with two attached hydrogens (primary N) is 1. The minimum Gasteiger partial charge on any atom is -0.550 e. The number of hydrogen-bond acceptors (Lipinski definition) is 16. The van der Waals surface area contributed by atoms with E-state index in [0.717, 1.165) is 171 Å². The van der Waals surface area contributed by atoms with Crippen molar-refractivity contribution in [2.24, 2.45) is 21.5 Å². The van der Waals surface area contributed by atoms with Crippen molar-refractivity contribution < 1.29 is 134 Å². The van der Waals surface area contributed by atoms with Crippen LogP contribution in [0.15, 0.2) is 164 Å². The number of nitrogens with zero attached hydrogens (tertiary/aromatic N) is 3. The van der Waals surface area contributed by atoms with E-state index in [9.17, 15) is 43.5 Å². The number of amides is 7. The van der Waals surface area contributed by atoms with Crippen molar-refractivity contribution in [2.45, 2.75) is 85.5 Å². The molecule has 1 atom stereocenters. The van der Waals surface area contributed by atoms with Crippen LogP contribution in [0.2, 0.25) is 0 Å². The van der Waals surface area contributed by atoms with Gasteiger partial charge in [0.25, 0.3) is 29.5 Å². The number of carboxylic acid groups (broad SMARTS) is 2. The number of rotatable bonds is 5. The van der Waals surface area contributed by atoms with Gasteiger partial charge in [-0.1, -0.05) is 116 Å². The van der Waals surface area contributed by atoms with Crippen molar-refractivity contribution in [3.8, 4) is 0 Å². The first-order valence-corrected chi connectivity index (χ1v) is 38.0. The fourth-order valence-electron chi connectivity index (χ4n) is 11.2. The normalized spacial score (nSPS) is 16.1. The Morgan fingerprint density at radius 1 is 0.486 bits per heavy atom. The molecule has 552 valence electrons. The summed E-state index contributed by atoms with van der Waals surface area (Å²) in [4.78, 5) is 112. The standard InChI is InChI=1S/C16H17BrN2O2.2C11H12BrN3O.2C11H9BrN2O.C6H6BrN.C6H9NO3.C2H4O2.K.Na/c1-16(2,3)15(21)19-7-6-10-11-8-9(17)4-5-12(11)18-13(10)14(19)20;2*12-8-3-5-9(6-4-8)14-15-10-2-1-7-13-11(10)16;2*12-6-1-2-9-8(5-6)7-3-4-13-11(15)10(7)14-9;7-5-1-3-6(8)4-2-5;8-5-4(6(9)10)2-1-3-7-5;1-2(3)4;;/h4-5,8,18H,6-7H2,1-3H3;2*3-6,14H,1-2,7H2,(H,13,16);2*1-2,5,14H,3-4H2,(H,13,15);1-4H,8H2;4H,1-3H2,(H,7,8)(H,9,10);1H3,(H,3,4);;/q;;;;;;;;2*+1/p-2/b;2*15-10-;;;;;;;. The van der Waals surface area contributed by atoms with Crippen molar-refractivity contribution >= 4 is 210 Å². The first kappa shape index (κ1) is 89.5. The third-order valence-electron chi connectivity index (χ3n) is 16.4. The van der Waals surface area contributed by atoms with E-state index in [1.54, 1.807) is 0 Å². The van der Waals surface area contributed by atoms with E-state index in [-0.39, 0.29) is 116 Å². The number of benzene rings is 6. The number of carboxylic acids is 2. The number of anilines is 3. The van der Waals surface area contributed by atoms with E-state index in [1.165, 1.54) is 4.90 Å². The summed E-state index contributed by atoms with van der Waals surface area (Å²) in [5, 5.41) is 44.3. The number of carbonyl (C=O) groups is 9. The van der Waals surface area contributed by atoms with Gasteiger partial charge >= 0.3 is 80.9 Å². The SMILES string of the molecule is CC(=O)[O-].CC(C)(C)C(=O)N1CCc2c([nH]c3ccc(Br)cc23)C1=O.Nc1ccc(Br)cc1.O=C([O-])C1CCCNC1=O.O=C1NCCC/C1=N/Nc1ccc(Br)cc1.O=C1NCCC/C1=N/Nc1ccc(Br)cc1.O=C1NCCc2c1[nH]c1ccc(Br)cc21.O=C1NCCc2c1[nH]c1ccc(Br)cc21.[K+].[Na+]. The summed E-state index contributed by atoms with van der Waals surface area (Å²) in [6.07, 6.45) is 7.00. The second-order valence-corrected chi connectivity index (χ2v) is 30.7. The molecule has 6 aliphatic rings. The molecule has 3 saturated heterocycles. The van der Waals surface area contributed by atoms with E-state index in [4.69, 9.17) is 15.6 Å². The van der Waals surface area contributed by atoms with Gasteiger partial charge in [0.1, 0.15) is 28.5 Å². The molecule has 107 heavy (non-hydrogen) atoms. The maximum absolute atomic E-state index is 12.6. The molecule has 0 saturated carbocycles. The number of halogens is 6. The molecule has 0 radical (unpaired) electrons. The Balaban J connectivity index is 0.000000196. The second kappa shape index (κ2) is 43.3. The molecular weight excluding hydrogens is 1800 g/mol. The number of carbonyl (C=O) groups excluding carboxylic acids is 9. The maximum atomic E-state index is 12.6. The van der Waals surface area contributed by atoms with Crippen LogP contribution in [-0.2, 0) is 48.0 Å². The summed E-state index contributed by atoms with van der Waals surface area (Å²) < 4.78 is 6.16. The topological polar surface area (TPSA) is 385 Å². The van der Waals surface area contributed by atoms with Crippen molar-refractivity contribution in [3.05, 3.63) is 188 Å². The number of nitrogen functional groups attached to an aromatic ring is 1. The number of hydrogen-bond donors (Lipinski definition) is 11. The third kappa shape index (κ3) is 26.7. The number of imide groups is 1. The van der Waals surface area contributed by atoms with E-state index in [1.807, 2.05) is 136 Å². The zero-order valence-electron chi connectivity index (χ0n) is 59.5. The van der Waals surface area contributed by atoms with E-state index in [2.05, 4.69) is 170 Å². The van der Waals surface area contributed by atoms with Crippen LogP contribution in [0.3, 0.4) is 0 Å². The molecule has 3 fully saturated rings. The molecule has 25 nitrogen and oxygen atoms in total. The molecule has 0 aliphatic carbocycles. The predicted molar refractivity (Wildman–Crippen MR) is 424 cm³/mol. The van der Waals surface area contributed by atoms with Gasteiger partial charge in [0.15, 0.2) is 0 Å². The van der Waals surface area contributed by atoms with Gasteiger partial charge in [-0.05, 0) is 209 Å². The van der Waals surface area contributed by atoms with Crippen molar-refractivity contribution in [1.29, 1.82) is 0 Å². The summed E-state index contributed by atoms with van der Waals surface area (Å²) in [5.41, 5.74) is 22.5. The zero-order chi connectivity index (χ0) is 76.1. The molecule has 9 aromatic rings. The van der Waals surface area contributed by atoms with Gasteiger partial charge in [-0.2, -0.15) is 10.2 Å². The Bertz CT molecular complexity index is 4530. The van der Waals surface area contributed by atoms with Crippen LogP contribution < -0.4 is 134 Å². The number of aliphatic carboxylic acids is 2. The van der Waals surface area contributed by atoms with Gasteiger partial charge in [-0.25, -0.2) is 0 Å². The Kier molecular flexibility index (Phi) is 36.2. The van der Waals surface area contributed by atoms with Crippen molar-refractivity contribution in [2.75, 3.05) is 55.9 Å².